The van der Waals surface area contributed by atoms with E-state index in [4.69, 9.17) is 0 Å². The molecule has 134 valence electrons. The molecule has 3 heterocycles. The van der Waals surface area contributed by atoms with E-state index in [9.17, 15) is 14.4 Å². The van der Waals surface area contributed by atoms with Crippen LogP contribution in [-0.2, 0) is 9.59 Å². The molecule has 2 aliphatic rings. The zero-order valence-electron chi connectivity index (χ0n) is 14.7. The molecule has 0 aliphatic carbocycles. The van der Waals surface area contributed by atoms with Gasteiger partial charge in [0.05, 0.1) is 12.5 Å². The highest BCUT2D eigenvalue weighted by Crippen LogP contribution is 2.22. The SMILES string of the molecule is CC1CN(C(=O)C2CCCN(C(=O)c3ccncc3)C2)CC(=O)N1C. The number of carbonyl (C=O) groups is 3. The number of likely N-dealkylation sites (N-methyl/N-ethyl adjacent to an activating group) is 1. The number of amides is 3. The standard InChI is InChI=1S/C18H24N4O3/c1-13-10-22(12-16(23)20(13)2)18(25)15-4-3-9-21(11-15)17(24)14-5-7-19-8-6-14/h5-8,13,15H,3-4,9-12H2,1-2H3. The van der Waals surface area contributed by atoms with Crippen molar-refractivity contribution < 1.29 is 14.4 Å². The molecule has 0 N–H and O–H groups in total. The maximum Gasteiger partial charge on any atom is 0.253 e. The summed E-state index contributed by atoms with van der Waals surface area (Å²) in [5.74, 6) is -0.348. The van der Waals surface area contributed by atoms with Crippen LogP contribution in [0.3, 0.4) is 0 Å². The van der Waals surface area contributed by atoms with Crippen LogP contribution in [0.2, 0.25) is 0 Å². The maximum atomic E-state index is 12.9. The van der Waals surface area contributed by atoms with Gasteiger partial charge in [-0.3, -0.25) is 19.4 Å². The van der Waals surface area contributed by atoms with E-state index in [1.165, 1.54) is 0 Å². The van der Waals surface area contributed by atoms with Crippen molar-refractivity contribution in [2.75, 3.05) is 33.2 Å². The lowest BCUT2D eigenvalue weighted by Gasteiger charge is -2.40. The molecule has 2 saturated heterocycles. The predicted octanol–water partition coefficient (Wildman–Crippen LogP) is 0.623. The van der Waals surface area contributed by atoms with Crippen LogP contribution in [0.15, 0.2) is 24.5 Å². The minimum absolute atomic E-state index is 0.0134. The molecular formula is C18H24N4O3. The van der Waals surface area contributed by atoms with Crippen molar-refractivity contribution in [2.24, 2.45) is 5.92 Å². The van der Waals surface area contributed by atoms with Gasteiger partial charge in [-0.1, -0.05) is 0 Å². The highest BCUT2D eigenvalue weighted by molar-refractivity contribution is 5.94. The topological polar surface area (TPSA) is 73.8 Å². The summed E-state index contributed by atoms with van der Waals surface area (Å²) in [6, 6.07) is 3.40. The normalized spacial score (nSPS) is 24.4. The lowest BCUT2D eigenvalue weighted by Crippen LogP contribution is -2.57. The number of aromatic nitrogens is 1. The number of hydrogen-bond acceptors (Lipinski definition) is 4. The molecule has 7 heteroatoms. The van der Waals surface area contributed by atoms with Gasteiger partial charge >= 0.3 is 0 Å². The Labute approximate surface area is 147 Å². The molecule has 0 radical (unpaired) electrons. The number of likely N-dealkylation sites (tertiary alicyclic amines) is 1. The average molecular weight is 344 g/mol. The molecule has 1 aromatic heterocycles. The number of piperidine rings is 1. The van der Waals surface area contributed by atoms with Crippen LogP contribution >= 0.6 is 0 Å². The first kappa shape index (κ1) is 17.4. The molecule has 2 atom stereocenters. The van der Waals surface area contributed by atoms with Gasteiger partial charge in [-0.15, -0.1) is 0 Å². The fraction of sp³-hybridized carbons (Fsp3) is 0.556. The molecule has 0 saturated carbocycles. The number of rotatable bonds is 2. The van der Waals surface area contributed by atoms with Crippen molar-refractivity contribution in [3.8, 4) is 0 Å². The van der Waals surface area contributed by atoms with Crippen molar-refractivity contribution in [1.29, 1.82) is 0 Å². The Morgan fingerprint density at radius 2 is 1.88 bits per heavy atom. The highest BCUT2D eigenvalue weighted by Gasteiger charge is 2.36. The van der Waals surface area contributed by atoms with Crippen LogP contribution in [0.5, 0.6) is 0 Å². The van der Waals surface area contributed by atoms with E-state index in [-0.39, 0.29) is 36.2 Å². The Bertz CT molecular complexity index is 664. The number of pyridine rings is 1. The van der Waals surface area contributed by atoms with Crippen LogP contribution < -0.4 is 0 Å². The smallest absolute Gasteiger partial charge is 0.253 e. The van der Waals surface area contributed by atoms with Crippen LogP contribution in [-0.4, -0.2) is 76.7 Å². The molecule has 25 heavy (non-hydrogen) atoms. The molecule has 2 aliphatic heterocycles. The summed E-state index contributed by atoms with van der Waals surface area (Å²) in [5.41, 5.74) is 0.589. The molecule has 2 unspecified atom stereocenters. The van der Waals surface area contributed by atoms with Gasteiger partial charge in [-0.05, 0) is 31.9 Å². The summed E-state index contributed by atoms with van der Waals surface area (Å²) in [7, 11) is 1.77. The quantitative estimate of drug-likeness (QED) is 0.788. The van der Waals surface area contributed by atoms with Gasteiger partial charge in [0.2, 0.25) is 11.8 Å². The van der Waals surface area contributed by atoms with Crippen molar-refractivity contribution in [3.63, 3.8) is 0 Å². The van der Waals surface area contributed by atoms with E-state index >= 15 is 0 Å². The van der Waals surface area contributed by atoms with Gasteiger partial charge in [0.1, 0.15) is 0 Å². The van der Waals surface area contributed by atoms with E-state index in [1.807, 2.05) is 6.92 Å². The molecule has 3 amide bonds. The Hall–Kier alpha value is -2.44. The molecule has 7 nitrogen and oxygen atoms in total. The third-order valence-corrected chi connectivity index (χ3v) is 5.16. The largest absolute Gasteiger partial charge is 0.340 e. The van der Waals surface area contributed by atoms with Crippen molar-refractivity contribution in [2.45, 2.75) is 25.8 Å². The Balaban J connectivity index is 1.66. The van der Waals surface area contributed by atoms with Gasteiger partial charge in [-0.2, -0.15) is 0 Å². The molecular weight excluding hydrogens is 320 g/mol. The summed E-state index contributed by atoms with van der Waals surface area (Å²) < 4.78 is 0. The maximum absolute atomic E-state index is 12.9. The third kappa shape index (κ3) is 3.65. The monoisotopic (exact) mass is 344 g/mol. The number of hydrogen-bond donors (Lipinski definition) is 0. The number of piperazine rings is 1. The lowest BCUT2D eigenvalue weighted by atomic mass is 9.95. The molecule has 0 bridgehead atoms. The summed E-state index contributed by atoms with van der Waals surface area (Å²) in [6.07, 6.45) is 4.74. The molecule has 0 spiro atoms. The fourth-order valence-corrected chi connectivity index (χ4v) is 3.49. The number of carbonyl (C=O) groups excluding carboxylic acids is 3. The summed E-state index contributed by atoms with van der Waals surface area (Å²) >= 11 is 0. The minimum Gasteiger partial charge on any atom is -0.340 e. The fourth-order valence-electron chi connectivity index (χ4n) is 3.49. The molecule has 2 fully saturated rings. The van der Waals surface area contributed by atoms with Gasteiger partial charge < -0.3 is 14.7 Å². The highest BCUT2D eigenvalue weighted by atomic mass is 16.2. The summed E-state index contributed by atoms with van der Waals surface area (Å²) in [5, 5.41) is 0. The zero-order valence-corrected chi connectivity index (χ0v) is 14.7. The molecule has 1 aromatic rings. The van der Waals surface area contributed by atoms with E-state index in [0.717, 1.165) is 12.8 Å². The second-order valence-electron chi connectivity index (χ2n) is 6.90. The molecule has 3 rings (SSSR count). The van der Waals surface area contributed by atoms with Crippen molar-refractivity contribution in [3.05, 3.63) is 30.1 Å². The summed E-state index contributed by atoms with van der Waals surface area (Å²) in [4.78, 5) is 46.5. The minimum atomic E-state index is -0.233. The van der Waals surface area contributed by atoms with E-state index in [2.05, 4.69) is 4.98 Å². The van der Waals surface area contributed by atoms with Gasteiger partial charge in [0.25, 0.3) is 5.91 Å². The van der Waals surface area contributed by atoms with Crippen LogP contribution in [0.1, 0.15) is 30.1 Å². The van der Waals surface area contributed by atoms with Crippen LogP contribution in [0, 0.1) is 5.92 Å². The van der Waals surface area contributed by atoms with E-state index in [1.54, 1.807) is 46.3 Å². The Morgan fingerprint density at radius 1 is 1.16 bits per heavy atom. The van der Waals surface area contributed by atoms with E-state index < -0.39 is 0 Å². The Kier molecular flexibility index (Phi) is 5.01. The first-order valence-corrected chi connectivity index (χ1v) is 8.71. The van der Waals surface area contributed by atoms with Crippen LogP contribution in [0.4, 0.5) is 0 Å². The zero-order chi connectivity index (χ0) is 18.0. The lowest BCUT2D eigenvalue weighted by molar-refractivity contribution is -0.149. The van der Waals surface area contributed by atoms with Crippen molar-refractivity contribution in [1.82, 2.24) is 19.7 Å². The summed E-state index contributed by atoms with van der Waals surface area (Å²) in [6.45, 7) is 3.69. The van der Waals surface area contributed by atoms with Gasteiger partial charge in [0, 0.05) is 50.7 Å². The van der Waals surface area contributed by atoms with E-state index in [0.29, 0.717) is 25.2 Å². The van der Waals surface area contributed by atoms with Crippen molar-refractivity contribution >= 4 is 17.7 Å². The van der Waals surface area contributed by atoms with Gasteiger partial charge in [-0.25, -0.2) is 0 Å². The molecule has 0 aromatic carbocycles. The second kappa shape index (κ2) is 7.21. The number of nitrogens with zero attached hydrogens (tertiary/aromatic N) is 4. The Morgan fingerprint density at radius 3 is 2.56 bits per heavy atom. The van der Waals surface area contributed by atoms with Gasteiger partial charge in [0.15, 0.2) is 0 Å². The second-order valence-corrected chi connectivity index (χ2v) is 6.90. The predicted molar refractivity (Wildman–Crippen MR) is 91.7 cm³/mol. The average Bonchev–Trinajstić information content (AvgIpc) is 2.65. The van der Waals surface area contributed by atoms with Crippen LogP contribution in [0.25, 0.3) is 0 Å². The first-order valence-electron chi connectivity index (χ1n) is 8.71. The first-order chi connectivity index (χ1) is 12.0. The third-order valence-electron chi connectivity index (χ3n) is 5.16.